The number of rotatable bonds is 2. The fraction of sp³-hybridized carbons (Fsp3) is 0.800. The number of ether oxygens (including phenoxy) is 1. The van der Waals surface area contributed by atoms with Crippen LogP contribution < -0.4 is 0 Å². The van der Waals surface area contributed by atoms with E-state index in [0.717, 1.165) is 25.7 Å². The monoisotopic (exact) mass is 236 g/mol. The van der Waals surface area contributed by atoms with E-state index in [1.54, 1.807) is 0 Å². The molecule has 1 aliphatic rings. The second-order valence-corrected chi connectivity index (χ2v) is 6.18. The number of carbonyl (C=O) groups excluding carboxylic acids is 1. The Balaban J connectivity index is 2.69. The predicted octanol–water partition coefficient (Wildman–Crippen LogP) is 3.55. The van der Waals surface area contributed by atoms with Gasteiger partial charge in [-0.3, -0.25) is 4.79 Å². The van der Waals surface area contributed by atoms with Gasteiger partial charge in [0, 0.05) is 5.41 Å². The fourth-order valence-corrected chi connectivity index (χ4v) is 2.02. The van der Waals surface area contributed by atoms with Crippen LogP contribution in [0.15, 0.2) is 0 Å². The van der Waals surface area contributed by atoms with Crippen molar-refractivity contribution >= 4 is 5.97 Å². The zero-order valence-corrected chi connectivity index (χ0v) is 11.5. The molecule has 0 N–H and O–H groups in total. The lowest BCUT2D eigenvalue weighted by atomic mass is 9.78. The molecule has 0 heterocycles. The minimum Gasteiger partial charge on any atom is -0.445 e. The van der Waals surface area contributed by atoms with Crippen LogP contribution in [0.4, 0.5) is 0 Å². The first-order valence-corrected chi connectivity index (χ1v) is 6.51. The average Bonchev–Trinajstić information content (AvgIpc) is 2.28. The Kier molecular flexibility index (Phi) is 4.25. The van der Waals surface area contributed by atoms with E-state index in [4.69, 9.17) is 11.2 Å². The standard InChI is InChI=1S/C15H24O2/c1-6-15(5,14(2,3)4)17-13(16)12-10-8-7-9-11-12/h1,12H,7-11H2,2-5H3. The predicted molar refractivity (Wildman–Crippen MR) is 69.4 cm³/mol. The molecule has 1 fully saturated rings. The molecule has 1 unspecified atom stereocenters. The van der Waals surface area contributed by atoms with E-state index >= 15 is 0 Å². The van der Waals surface area contributed by atoms with Crippen molar-refractivity contribution in [3.63, 3.8) is 0 Å². The van der Waals surface area contributed by atoms with Crippen LogP contribution in [0, 0.1) is 23.7 Å². The van der Waals surface area contributed by atoms with E-state index in [-0.39, 0.29) is 17.3 Å². The molecule has 0 amide bonds. The maximum absolute atomic E-state index is 12.1. The van der Waals surface area contributed by atoms with Crippen molar-refractivity contribution in [2.75, 3.05) is 0 Å². The van der Waals surface area contributed by atoms with Gasteiger partial charge in [0.05, 0.1) is 5.92 Å². The third kappa shape index (κ3) is 3.25. The summed E-state index contributed by atoms with van der Waals surface area (Å²) in [5.41, 5.74) is -1.06. The molecule has 2 heteroatoms. The fourth-order valence-electron chi connectivity index (χ4n) is 2.02. The third-order valence-electron chi connectivity index (χ3n) is 3.95. The minimum atomic E-state index is -0.818. The Hall–Kier alpha value is -0.970. The van der Waals surface area contributed by atoms with Crippen molar-refractivity contribution in [2.45, 2.75) is 65.4 Å². The number of carbonyl (C=O) groups is 1. The van der Waals surface area contributed by atoms with E-state index < -0.39 is 5.60 Å². The second-order valence-electron chi connectivity index (χ2n) is 6.18. The van der Waals surface area contributed by atoms with E-state index in [9.17, 15) is 4.79 Å². The van der Waals surface area contributed by atoms with Crippen LogP contribution in [0.25, 0.3) is 0 Å². The molecule has 0 aromatic rings. The Morgan fingerprint density at radius 3 is 2.12 bits per heavy atom. The lowest BCUT2D eigenvalue weighted by Crippen LogP contribution is -2.44. The van der Waals surface area contributed by atoms with Gasteiger partial charge in [-0.05, 0) is 19.8 Å². The van der Waals surface area contributed by atoms with Crippen molar-refractivity contribution in [3.8, 4) is 12.3 Å². The van der Waals surface area contributed by atoms with Gasteiger partial charge in [-0.2, -0.15) is 0 Å². The van der Waals surface area contributed by atoms with E-state index in [1.807, 2.05) is 27.7 Å². The molecular weight excluding hydrogens is 212 g/mol. The number of hydrogen-bond donors (Lipinski definition) is 0. The summed E-state index contributed by atoms with van der Waals surface area (Å²) in [5, 5.41) is 0. The molecule has 1 rings (SSSR count). The van der Waals surface area contributed by atoms with Gasteiger partial charge in [0.1, 0.15) is 0 Å². The summed E-state index contributed by atoms with van der Waals surface area (Å²) in [4.78, 5) is 12.1. The van der Waals surface area contributed by atoms with Gasteiger partial charge < -0.3 is 4.74 Å². The zero-order chi connectivity index (χ0) is 13.1. The summed E-state index contributed by atoms with van der Waals surface area (Å²) in [6, 6.07) is 0. The summed E-state index contributed by atoms with van der Waals surface area (Å²) < 4.78 is 5.62. The van der Waals surface area contributed by atoms with E-state index in [0.29, 0.717) is 0 Å². The zero-order valence-electron chi connectivity index (χ0n) is 11.5. The number of terminal acetylenes is 1. The minimum absolute atomic E-state index is 0.0544. The molecule has 0 aromatic heterocycles. The molecule has 0 radical (unpaired) electrons. The smallest absolute Gasteiger partial charge is 0.310 e. The molecule has 0 spiro atoms. The topological polar surface area (TPSA) is 26.3 Å². The van der Waals surface area contributed by atoms with Crippen LogP contribution >= 0.6 is 0 Å². The first-order chi connectivity index (χ1) is 7.80. The van der Waals surface area contributed by atoms with Crippen LogP contribution in [0.5, 0.6) is 0 Å². The van der Waals surface area contributed by atoms with Gasteiger partial charge in [0.15, 0.2) is 5.60 Å². The Morgan fingerprint density at radius 1 is 1.18 bits per heavy atom. The molecule has 0 aromatic carbocycles. The van der Waals surface area contributed by atoms with Gasteiger partial charge >= 0.3 is 5.97 Å². The lowest BCUT2D eigenvalue weighted by molar-refractivity contribution is -0.167. The third-order valence-corrected chi connectivity index (χ3v) is 3.95. The van der Waals surface area contributed by atoms with E-state index in [2.05, 4.69) is 5.92 Å². The highest BCUT2D eigenvalue weighted by atomic mass is 16.6. The average molecular weight is 236 g/mol. The quantitative estimate of drug-likeness (QED) is 0.541. The summed E-state index contributed by atoms with van der Waals surface area (Å²) in [7, 11) is 0. The van der Waals surface area contributed by atoms with Crippen LogP contribution in [-0.4, -0.2) is 11.6 Å². The van der Waals surface area contributed by atoms with E-state index in [1.165, 1.54) is 6.42 Å². The van der Waals surface area contributed by atoms with Gasteiger partial charge in [0.25, 0.3) is 0 Å². The largest absolute Gasteiger partial charge is 0.445 e. The first kappa shape index (κ1) is 14.1. The summed E-state index contributed by atoms with van der Waals surface area (Å²) in [6.45, 7) is 7.83. The molecule has 0 saturated heterocycles. The molecule has 0 bridgehead atoms. The molecule has 1 aliphatic carbocycles. The van der Waals surface area contributed by atoms with Crippen molar-refractivity contribution in [3.05, 3.63) is 0 Å². The molecule has 1 saturated carbocycles. The second kappa shape index (κ2) is 5.12. The van der Waals surface area contributed by atoms with Crippen molar-refractivity contribution in [1.82, 2.24) is 0 Å². The Labute approximate surface area is 105 Å². The Bertz CT molecular complexity index is 313. The normalized spacial score (nSPS) is 21.4. The van der Waals surface area contributed by atoms with Crippen molar-refractivity contribution in [1.29, 1.82) is 0 Å². The maximum atomic E-state index is 12.1. The van der Waals surface area contributed by atoms with Crippen LogP contribution in [0.1, 0.15) is 59.8 Å². The van der Waals surface area contributed by atoms with Gasteiger partial charge in [-0.15, -0.1) is 6.42 Å². The summed E-state index contributed by atoms with van der Waals surface area (Å²) in [6.07, 6.45) is 10.9. The summed E-state index contributed by atoms with van der Waals surface area (Å²) in [5.74, 6) is 2.59. The highest BCUT2D eigenvalue weighted by molar-refractivity contribution is 5.73. The highest BCUT2D eigenvalue weighted by Crippen LogP contribution is 2.35. The SMILES string of the molecule is C#CC(C)(OC(=O)C1CCCCC1)C(C)(C)C. The Morgan fingerprint density at radius 2 is 1.71 bits per heavy atom. The molecular formula is C15H24O2. The van der Waals surface area contributed by atoms with Crippen LogP contribution in [0.3, 0.4) is 0 Å². The maximum Gasteiger partial charge on any atom is 0.310 e. The molecule has 96 valence electrons. The van der Waals surface area contributed by atoms with Crippen LogP contribution in [0.2, 0.25) is 0 Å². The van der Waals surface area contributed by atoms with Gasteiger partial charge in [0.2, 0.25) is 0 Å². The van der Waals surface area contributed by atoms with Crippen molar-refractivity contribution in [2.24, 2.45) is 11.3 Å². The van der Waals surface area contributed by atoms with Gasteiger partial charge in [-0.25, -0.2) is 0 Å². The van der Waals surface area contributed by atoms with Crippen molar-refractivity contribution < 1.29 is 9.53 Å². The van der Waals surface area contributed by atoms with Gasteiger partial charge in [-0.1, -0.05) is 46.0 Å². The first-order valence-electron chi connectivity index (χ1n) is 6.51. The number of esters is 1. The lowest BCUT2D eigenvalue weighted by Gasteiger charge is -2.38. The highest BCUT2D eigenvalue weighted by Gasteiger charge is 2.41. The number of hydrogen-bond acceptors (Lipinski definition) is 2. The molecule has 17 heavy (non-hydrogen) atoms. The summed E-state index contributed by atoms with van der Waals surface area (Å²) >= 11 is 0. The molecule has 1 atom stereocenters. The molecule has 2 nitrogen and oxygen atoms in total. The van der Waals surface area contributed by atoms with Crippen LogP contribution in [-0.2, 0) is 9.53 Å². The molecule has 0 aliphatic heterocycles.